The molecule has 0 saturated carbocycles. The maximum atomic E-state index is 13.7. The quantitative estimate of drug-likeness (QED) is 0.353. The standard InChI is InChI=1S/C29H26N4O5/c1-17-26(29(35)32-21-4-3-13-30-16-21)27(19-5-9-22(10-6-19)33(36)37)28-24(31-17)14-20(15-25(28)34)18-7-11-23(38-2)12-8-18/h3-13,16,20,27,31H,14-15H2,1-2H3,(H,32,35). The van der Waals surface area contributed by atoms with E-state index in [4.69, 9.17) is 4.74 Å². The lowest BCUT2D eigenvalue weighted by molar-refractivity contribution is -0.384. The third kappa shape index (κ3) is 4.78. The van der Waals surface area contributed by atoms with E-state index >= 15 is 0 Å². The molecule has 9 nitrogen and oxygen atoms in total. The molecule has 1 aromatic heterocycles. The summed E-state index contributed by atoms with van der Waals surface area (Å²) in [4.78, 5) is 42.1. The number of nitro groups is 1. The first-order valence-electron chi connectivity index (χ1n) is 12.2. The molecule has 2 atom stereocenters. The zero-order chi connectivity index (χ0) is 26.8. The number of Topliss-reactive ketones (excluding diaryl/α,β-unsaturated/α-hetero) is 1. The molecule has 0 spiro atoms. The van der Waals surface area contributed by atoms with E-state index in [1.54, 1.807) is 43.8 Å². The summed E-state index contributed by atoms with van der Waals surface area (Å²) in [5, 5.41) is 17.5. The second kappa shape index (κ2) is 10.3. The van der Waals surface area contributed by atoms with Crippen LogP contribution in [0.4, 0.5) is 11.4 Å². The molecule has 3 aromatic rings. The van der Waals surface area contributed by atoms with Gasteiger partial charge in [0.25, 0.3) is 11.6 Å². The second-order valence-corrected chi connectivity index (χ2v) is 9.33. The van der Waals surface area contributed by atoms with Gasteiger partial charge >= 0.3 is 0 Å². The smallest absolute Gasteiger partial charge is 0.269 e. The van der Waals surface area contributed by atoms with Crippen molar-refractivity contribution in [3.63, 3.8) is 0 Å². The first-order valence-corrected chi connectivity index (χ1v) is 12.2. The Bertz CT molecular complexity index is 1460. The predicted octanol–water partition coefficient (Wildman–Crippen LogP) is 5.00. The minimum atomic E-state index is -0.673. The molecular formula is C29H26N4O5. The van der Waals surface area contributed by atoms with Crippen LogP contribution >= 0.6 is 0 Å². The number of hydrogen-bond donors (Lipinski definition) is 2. The Morgan fingerprint density at radius 3 is 2.42 bits per heavy atom. The summed E-state index contributed by atoms with van der Waals surface area (Å²) in [5.41, 5.74) is 4.42. The predicted molar refractivity (Wildman–Crippen MR) is 142 cm³/mol. The number of carbonyl (C=O) groups is 2. The van der Waals surface area contributed by atoms with Gasteiger partial charge in [0.15, 0.2) is 5.78 Å². The van der Waals surface area contributed by atoms with Crippen molar-refractivity contribution in [3.8, 4) is 5.75 Å². The Balaban J connectivity index is 1.55. The Morgan fingerprint density at radius 1 is 1.08 bits per heavy atom. The molecule has 2 aliphatic rings. The number of non-ortho nitro benzene ring substituents is 1. The van der Waals surface area contributed by atoms with Crippen LogP contribution < -0.4 is 15.4 Å². The van der Waals surface area contributed by atoms with Gasteiger partial charge in [-0.1, -0.05) is 24.3 Å². The van der Waals surface area contributed by atoms with Crippen LogP contribution in [-0.4, -0.2) is 28.7 Å². The molecule has 2 aromatic carbocycles. The van der Waals surface area contributed by atoms with Crippen LogP contribution in [0.5, 0.6) is 5.75 Å². The SMILES string of the molecule is COc1ccc(C2CC(=O)C3=C(C2)NC(C)=C(C(=O)Nc2cccnc2)C3c2ccc([N+](=O)[O-])cc2)cc1. The van der Waals surface area contributed by atoms with Gasteiger partial charge in [0.1, 0.15) is 5.75 Å². The van der Waals surface area contributed by atoms with Gasteiger partial charge in [-0.25, -0.2) is 0 Å². The lowest BCUT2D eigenvalue weighted by Gasteiger charge is -2.37. The molecule has 0 saturated heterocycles. The van der Waals surface area contributed by atoms with E-state index in [1.807, 2.05) is 31.2 Å². The van der Waals surface area contributed by atoms with Crippen LogP contribution in [0.2, 0.25) is 0 Å². The number of nitrogens with zero attached hydrogens (tertiary/aromatic N) is 2. The number of benzene rings is 2. The van der Waals surface area contributed by atoms with E-state index in [-0.39, 0.29) is 29.7 Å². The maximum absolute atomic E-state index is 13.7. The number of amides is 1. The number of anilines is 1. The molecule has 0 bridgehead atoms. The van der Waals surface area contributed by atoms with Crippen molar-refractivity contribution < 1.29 is 19.2 Å². The molecule has 0 radical (unpaired) electrons. The van der Waals surface area contributed by atoms with Gasteiger partial charge in [-0.05, 0) is 54.7 Å². The van der Waals surface area contributed by atoms with Crippen molar-refractivity contribution in [3.05, 3.63) is 117 Å². The van der Waals surface area contributed by atoms with Crippen molar-refractivity contribution in [2.45, 2.75) is 31.6 Å². The largest absolute Gasteiger partial charge is 0.497 e. The summed E-state index contributed by atoms with van der Waals surface area (Å²) in [6.45, 7) is 1.81. The highest BCUT2D eigenvalue weighted by Crippen LogP contribution is 2.46. The number of carbonyl (C=O) groups excluding carboxylic acids is 2. The van der Waals surface area contributed by atoms with Crippen molar-refractivity contribution >= 4 is 23.1 Å². The van der Waals surface area contributed by atoms with E-state index in [1.165, 1.54) is 12.1 Å². The molecule has 1 aliphatic heterocycles. The van der Waals surface area contributed by atoms with Crippen LogP contribution in [0, 0.1) is 10.1 Å². The van der Waals surface area contributed by atoms with E-state index in [2.05, 4.69) is 15.6 Å². The zero-order valence-corrected chi connectivity index (χ0v) is 20.9. The highest BCUT2D eigenvalue weighted by molar-refractivity contribution is 6.10. The van der Waals surface area contributed by atoms with Gasteiger partial charge in [-0.15, -0.1) is 0 Å². The Labute approximate surface area is 219 Å². The molecule has 2 unspecified atom stereocenters. The number of rotatable bonds is 6. The van der Waals surface area contributed by atoms with Gasteiger partial charge in [0, 0.05) is 53.2 Å². The molecule has 5 rings (SSSR count). The van der Waals surface area contributed by atoms with Crippen molar-refractivity contribution in [2.24, 2.45) is 0 Å². The van der Waals surface area contributed by atoms with Crippen LogP contribution in [-0.2, 0) is 9.59 Å². The summed E-state index contributed by atoms with van der Waals surface area (Å²) in [6.07, 6.45) is 4.03. The molecule has 9 heteroatoms. The number of pyridine rings is 1. The molecule has 2 N–H and O–H groups in total. The normalized spacial score (nSPS) is 18.9. The van der Waals surface area contributed by atoms with E-state index in [9.17, 15) is 19.7 Å². The van der Waals surface area contributed by atoms with Crippen LogP contribution in [0.3, 0.4) is 0 Å². The summed E-state index contributed by atoms with van der Waals surface area (Å²) < 4.78 is 5.26. The maximum Gasteiger partial charge on any atom is 0.269 e. The van der Waals surface area contributed by atoms with Crippen LogP contribution in [0.15, 0.2) is 95.6 Å². The highest BCUT2D eigenvalue weighted by atomic mass is 16.6. The summed E-state index contributed by atoms with van der Waals surface area (Å²) in [6, 6.07) is 17.2. The fraction of sp³-hybridized carbons (Fsp3) is 0.207. The topological polar surface area (TPSA) is 123 Å². The van der Waals surface area contributed by atoms with Gasteiger partial charge in [-0.2, -0.15) is 0 Å². The number of nitrogens with one attached hydrogen (secondary N) is 2. The number of aromatic nitrogens is 1. The average molecular weight is 511 g/mol. The molecule has 38 heavy (non-hydrogen) atoms. The highest BCUT2D eigenvalue weighted by Gasteiger charge is 2.41. The average Bonchev–Trinajstić information content (AvgIpc) is 2.92. The van der Waals surface area contributed by atoms with Crippen molar-refractivity contribution in [1.29, 1.82) is 0 Å². The number of ether oxygens (including phenoxy) is 1. The lowest BCUT2D eigenvalue weighted by atomic mass is 9.71. The Kier molecular flexibility index (Phi) is 6.74. The Morgan fingerprint density at radius 2 is 1.79 bits per heavy atom. The number of ketones is 1. The fourth-order valence-electron chi connectivity index (χ4n) is 5.21. The van der Waals surface area contributed by atoms with E-state index in [0.717, 1.165) is 17.0 Å². The summed E-state index contributed by atoms with van der Waals surface area (Å²) >= 11 is 0. The molecule has 2 heterocycles. The number of allylic oxidation sites excluding steroid dienone is 3. The third-order valence-corrected chi connectivity index (χ3v) is 7.02. The number of methoxy groups -OCH3 is 1. The monoisotopic (exact) mass is 510 g/mol. The molecule has 1 aliphatic carbocycles. The van der Waals surface area contributed by atoms with Crippen molar-refractivity contribution in [2.75, 3.05) is 12.4 Å². The van der Waals surface area contributed by atoms with Gasteiger partial charge in [0.05, 0.1) is 23.9 Å². The second-order valence-electron chi connectivity index (χ2n) is 9.33. The van der Waals surface area contributed by atoms with Crippen LogP contribution in [0.25, 0.3) is 0 Å². The molecule has 1 amide bonds. The minimum absolute atomic E-state index is 0.0317. The molecule has 0 fully saturated rings. The number of hydrogen-bond acceptors (Lipinski definition) is 7. The summed E-state index contributed by atoms with van der Waals surface area (Å²) in [5.74, 6) is -0.401. The molecular weight excluding hydrogens is 484 g/mol. The number of dihydropyridines is 1. The minimum Gasteiger partial charge on any atom is -0.497 e. The van der Waals surface area contributed by atoms with E-state index in [0.29, 0.717) is 34.5 Å². The number of nitro benzene ring substituents is 1. The third-order valence-electron chi connectivity index (χ3n) is 7.02. The fourth-order valence-corrected chi connectivity index (χ4v) is 5.21. The van der Waals surface area contributed by atoms with Gasteiger partial charge < -0.3 is 15.4 Å². The van der Waals surface area contributed by atoms with Gasteiger partial charge in [-0.3, -0.25) is 24.7 Å². The van der Waals surface area contributed by atoms with Crippen LogP contribution in [0.1, 0.15) is 42.7 Å². The van der Waals surface area contributed by atoms with E-state index < -0.39 is 10.8 Å². The van der Waals surface area contributed by atoms with Crippen molar-refractivity contribution in [1.82, 2.24) is 10.3 Å². The van der Waals surface area contributed by atoms with Gasteiger partial charge in [0.2, 0.25) is 0 Å². The summed E-state index contributed by atoms with van der Waals surface area (Å²) in [7, 11) is 1.61. The Hall–Kier alpha value is -4.79. The molecule has 192 valence electrons. The zero-order valence-electron chi connectivity index (χ0n) is 20.9. The first-order chi connectivity index (χ1) is 18.4. The lowest BCUT2D eigenvalue weighted by Crippen LogP contribution is -2.37. The first kappa shape index (κ1) is 24.9.